The molecule has 1 heterocycles. The van der Waals surface area contributed by atoms with Crippen LogP contribution in [-0.4, -0.2) is 19.2 Å². The highest BCUT2D eigenvalue weighted by molar-refractivity contribution is 5.37. The molecule has 1 fully saturated rings. The van der Waals surface area contributed by atoms with Crippen molar-refractivity contribution >= 4 is 0 Å². The summed E-state index contributed by atoms with van der Waals surface area (Å²) in [5.41, 5.74) is 2.59. The fraction of sp³-hybridized carbons (Fsp3) is 0.647. The van der Waals surface area contributed by atoms with E-state index >= 15 is 0 Å². The number of rotatable bonds is 5. The Morgan fingerprint density at radius 3 is 2.84 bits per heavy atom. The van der Waals surface area contributed by atoms with Gasteiger partial charge < -0.3 is 10.1 Å². The second kappa shape index (κ2) is 6.95. The van der Waals surface area contributed by atoms with Gasteiger partial charge in [-0.3, -0.25) is 0 Å². The van der Waals surface area contributed by atoms with E-state index in [0.29, 0.717) is 12.0 Å². The molecule has 1 aromatic rings. The lowest BCUT2D eigenvalue weighted by Crippen LogP contribution is -2.35. The molecule has 2 heteroatoms. The molecule has 0 bridgehead atoms. The van der Waals surface area contributed by atoms with Crippen molar-refractivity contribution in [1.82, 2.24) is 5.32 Å². The summed E-state index contributed by atoms with van der Waals surface area (Å²) in [6.45, 7) is 8.56. The molecule has 2 nitrogen and oxygen atoms in total. The number of ether oxygens (including phenoxy) is 1. The highest BCUT2D eigenvalue weighted by Gasteiger charge is 2.12. The lowest BCUT2D eigenvalue weighted by atomic mass is 10.0. The predicted octanol–water partition coefficient (Wildman–Crippen LogP) is 4.03. The minimum atomic E-state index is 0.558. The first-order valence-electron chi connectivity index (χ1n) is 7.63. The zero-order valence-corrected chi connectivity index (χ0v) is 12.5. The van der Waals surface area contributed by atoms with Crippen LogP contribution in [0.4, 0.5) is 0 Å². The van der Waals surface area contributed by atoms with E-state index < -0.39 is 0 Å². The zero-order chi connectivity index (χ0) is 13.7. The summed E-state index contributed by atoms with van der Waals surface area (Å²) in [6.07, 6.45) is 5.10. The van der Waals surface area contributed by atoms with Gasteiger partial charge in [0.05, 0.1) is 6.61 Å². The second-order valence-corrected chi connectivity index (χ2v) is 5.96. The van der Waals surface area contributed by atoms with Gasteiger partial charge in [0.1, 0.15) is 5.75 Å². The lowest BCUT2D eigenvalue weighted by molar-refractivity contribution is 0.266. The smallest absolute Gasteiger partial charge is 0.122 e. The van der Waals surface area contributed by atoms with Crippen molar-refractivity contribution in [1.29, 1.82) is 0 Å². The van der Waals surface area contributed by atoms with Crippen molar-refractivity contribution in [2.75, 3.05) is 13.2 Å². The van der Waals surface area contributed by atoms with E-state index in [0.717, 1.165) is 18.8 Å². The van der Waals surface area contributed by atoms with Crippen molar-refractivity contribution in [2.24, 2.45) is 0 Å². The third-order valence-electron chi connectivity index (χ3n) is 4.02. The Balaban J connectivity index is 1.86. The summed E-state index contributed by atoms with van der Waals surface area (Å²) in [7, 11) is 0. The quantitative estimate of drug-likeness (QED) is 0.864. The first-order valence-corrected chi connectivity index (χ1v) is 7.63. The predicted molar refractivity (Wildman–Crippen MR) is 81.0 cm³/mol. The Hall–Kier alpha value is -1.02. The molecule has 0 spiro atoms. The van der Waals surface area contributed by atoms with Gasteiger partial charge in [-0.05, 0) is 55.8 Å². The molecular formula is C17H27NO. The molecule has 2 rings (SSSR count). The van der Waals surface area contributed by atoms with E-state index in [1.165, 1.54) is 36.9 Å². The normalized spacial score (nSPS) is 19.7. The van der Waals surface area contributed by atoms with Crippen LogP contribution in [0.1, 0.15) is 56.6 Å². The number of hydrogen-bond donors (Lipinski definition) is 1. The Labute approximate surface area is 117 Å². The van der Waals surface area contributed by atoms with Crippen molar-refractivity contribution in [2.45, 2.75) is 58.4 Å². The fourth-order valence-corrected chi connectivity index (χ4v) is 2.61. The van der Waals surface area contributed by atoms with Crippen LogP contribution in [0.2, 0.25) is 0 Å². The number of benzene rings is 1. The maximum absolute atomic E-state index is 5.99. The minimum Gasteiger partial charge on any atom is -0.493 e. The van der Waals surface area contributed by atoms with Gasteiger partial charge in [-0.15, -0.1) is 0 Å². The molecule has 1 atom stereocenters. The van der Waals surface area contributed by atoms with Crippen molar-refractivity contribution in [3.8, 4) is 5.75 Å². The standard InChI is InChI=1S/C17H27NO/c1-13(2)15-8-7-14(3)17(12-15)19-11-9-16-6-4-5-10-18-16/h7-8,12-13,16,18H,4-6,9-11H2,1-3H3/t16-/m1/s1. The third-order valence-corrected chi connectivity index (χ3v) is 4.02. The largest absolute Gasteiger partial charge is 0.493 e. The van der Waals surface area contributed by atoms with E-state index in [1.54, 1.807) is 0 Å². The topological polar surface area (TPSA) is 21.3 Å². The SMILES string of the molecule is Cc1ccc(C(C)C)cc1OCC[C@H]1CCCCN1. The zero-order valence-electron chi connectivity index (χ0n) is 12.5. The van der Waals surface area contributed by atoms with Crippen LogP contribution in [0.25, 0.3) is 0 Å². The van der Waals surface area contributed by atoms with Crippen LogP contribution in [0, 0.1) is 6.92 Å². The van der Waals surface area contributed by atoms with Gasteiger partial charge in [0.25, 0.3) is 0 Å². The molecule has 1 aromatic carbocycles. The molecular weight excluding hydrogens is 234 g/mol. The van der Waals surface area contributed by atoms with E-state index in [9.17, 15) is 0 Å². The fourth-order valence-electron chi connectivity index (χ4n) is 2.61. The van der Waals surface area contributed by atoms with Crippen LogP contribution in [-0.2, 0) is 0 Å². The summed E-state index contributed by atoms with van der Waals surface area (Å²) in [5.74, 6) is 1.62. The minimum absolute atomic E-state index is 0.558. The average molecular weight is 261 g/mol. The summed E-state index contributed by atoms with van der Waals surface area (Å²) in [4.78, 5) is 0. The van der Waals surface area contributed by atoms with E-state index in [2.05, 4.69) is 44.3 Å². The lowest BCUT2D eigenvalue weighted by Gasteiger charge is -2.23. The summed E-state index contributed by atoms with van der Waals surface area (Å²) in [5, 5.41) is 3.57. The van der Waals surface area contributed by atoms with Gasteiger partial charge >= 0.3 is 0 Å². The van der Waals surface area contributed by atoms with Crippen LogP contribution in [0.5, 0.6) is 5.75 Å². The Bertz CT molecular complexity index is 394. The summed E-state index contributed by atoms with van der Waals surface area (Å²) >= 11 is 0. The van der Waals surface area contributed by atoms with Gasteiger partial charge in [-0.1, -0.05) is 32.4 Å². The van der Waals surface area contributed by atoms with Gasteiger partial charge in [-0.2, -0.15) is 0 Å². The van der Waals surface area contributed by atoms with Crippen molar-refractivity contribution < 1.29 is 4.74 Å². The Morgan fingerprint density at radius 2 is 2.16 bits per heavy atom. The van der Waals surface area contributed by atoms with Crippen LogP contribution >= 0.6 is 0 Å². The Morgan fingerprint density at radius 1 is 1.32 bits per heavy atom. The molecule has 0 radical (unpaired) electrons. The molecule has 19 heavy (non-hydrogen) atoms. The van der Waals surface area contributed by atoms with Crippen molar-refractivity contribution in [3.63, 3.8) is 0 Å². The molecule has 1 saturated heterocycles. The van der Waals surface area contributed by atoms with Crippen LogP contribution < -0.4 is 10.1 Å². The van der Waals surface area contributed by atoms with Crippen molar-refractivity contribution in [3.05, 3.63) is 29.3 Å². The molecule has 1 aliphatic rings. The molecule has 0 saturated carbocycles. The maximum Gasteiger partial charge on any atom is 0.122 e. The Kier molecular flexibility index (Phi) is 5.26. The third kappa shape index (κ3) is 4.24. The summed E-state index contributed by atoms with van der Waals surface area (Å²) < 4.78 is 5.99. The highest BCUT2D eigenvalue weighted by Crippen LogP contribution is 2.24. The van der Waals surface area contributed by atoms with Gasteiger partial charge in [0, 0.05) is 6.04 Å². The van der Waals surface area contributed by atoms with Gasteiger partial charge in [0.2, 0.25) is 0 Å². The first kappa shape index (κ1) is 14.4. The molecule has 0 aliphatic carbocycles. The number of nitrogens with one attached hydrogen (secondary N) is 1. The number of piperidine rings is 1. The maximum atomic E-state index is 5.99. The molecule has 0 aromatic heterocycles. The highest BCUT2D eigenvalue weighted by atomic mass is 16.5. The molecule has 1 N–H and O–H groups in total. The van der Waals surface area contributed by atoms with E-state index in [4.69, 9.17) is 4.74 Å². The molecule has 106 valence electrons. The first-order chi connectivity index (χ1) is 9.16. The molecule has 0 unspecified atom stereocenters. The van der Waals surface area contributed by atoms with E-state index in [-0.39, 0.29) is 0 Å². The molecule has 1 aliphatic heterocycles. The van der Waals surface area contributed by atoms with Crippen LogP contribution in [0.3, 0.4) is 0 Å². The second-order valence-electron chi connectivity index (χ2n) is 5.96. The van der Waals surface area contributed by atoms with Gasteiger partial charge in [-0.25, -0.2) is 0 Å². The number of hydrogen-bond acceptors (Lipinski definition) is 2. The molecule has 0 amide bonds. The van der Waals surface area contributed by atoms with E-state index in [1.807, 2.05) is 0 Å². The van der Waals surface area contributed by atoms with Crippen LogP contribution in [0.15, 0.2) is 18.2 Å². The number of aryl methyl sites for hydroxylation is 1. The monoisotopic (exact) mass is 261 g/mol. The average Bonchev–Trinajstić information content (AvgIpc) is 2.42. The summed E-state index contributed by atoms with van der Waals surface area (Å²) in [6, 6.07) is 7.23. The van der Waals surface area contributed by atoms with Gasteiger partial charge in [0.15, 0.2) is 0 Å².